The van der Waals surface area contributed by atoms with Crippen LogP contribution in [0.3, 0.4) is 0 Å². The van der Waals surface area contributed by atoms with Crippen LogP contribution in [0.1, 0.15) is 40.0 Å². The van der Waals surface area contributed by atoms with E-state index in [9.17, 15) is 5.11 Å². The highest BCUT2D eigenvalue weighted by Crippen LogP contribution is 2.15. The average Bonchev–Trinajstić information content (AvgIpc) is 2.51. The van der Waals surface area contributed by atoms with Crippen molar-refractivity contribution in [3.8, 4) is 6.01 Å². The first-order valence-electron chi connectivity index (χ1n) is 7.41. The van der Waals surface area contributed by atoms with Crippen LogP contribution < -0.4 is 21.3 Å². The van der Waals surface area contributed by atoms with Gasteiger partial charge in [0.1, 0.15) is 0 Å². The normalized spacial score (nSPS) is 12.3. The second-order valence-electron chi connectivity index (χ2n) is 4.78. The Kier molecular flexibility index (Phi) is 7.70. The molecule has 1 atom stereocenters. The number of aliphatic hydroxyl groups excluding tert-OH is 1. The van der Waals surface area contributed by atoms with Crippen LogP contribution in [0.5, 0.6) is 6.01 Å². The average molecular weight is 298 g/mol. The zero-order chi connectivity index (χ0) is 15.7. The minimum Gasteiger partial charge on any atom is -0.463 e. The molecule has 1 unspecified atom stereocenters. The highest BCUT2D eigenvalue weighted by Gasteiger charge is 2.16. The van der Waals surface area contributed by atoms with Gasteiger partial charge < -0.3 is 15.2 Å². The third kappa shape index (κ3) is 5.68. The van der Waals surface area contributed by atoms with E-state index < -0.39 is 6.10 Å². The lowest BCUT2D eigenvalue weighted by Crippen LogP contribution is -2.28. The fourth-order valence-corrected chi connectivity index (χ4v) is 1.95. The topological polar surface area (TPSA) is 118 Å². The van der Waals surface area contributed by atoms with E-state index in [1.54, 1.807) is 0 Å². The Labute approximate surface area is 125 Å². The van der Waals surface area contributed by atoms with Crippen molar-refractivity contribution < 1.29 is 9.84 Å². The Hall–Kier alpha value is -1.67. The molecule has 120 valence electrons. The maximum atomic E-state index is 10.1. The quantitative estimate of drug-likeness (QED) is 0.375. The van der Waals surface area contributed by atoms with Crippen LogP contribution in [0.15, 0.2) is 0 Å². The molecule has 0 spiro atoms. The molecule has 0 bridgehead atoms. The maximum absolute atomic E-state index is 10.1. The number of nitrogens with two attached hydrogens (primary N) is 1. The molecule has 0 aliphatic rings. The Morgan fingerprint density at radius 3 is 2.38 bits per heavy atom. The van der Waals surface area contributed by atoms with Gasteiger partial charge in [-0.2, -0.15) is 15.0 Å². The summed E-state index contributed by atoms with van der Waals surface area (Å²) in [5.41, 5.74) is 2.37. The van der Waals surface area contributed by atoms with Crippen molar-refractivity contribution in [2.45, 2.75) is 46.1 Å². The van der Waals surface area contributed by atoms with E-state index in [0.717, 1.165) is 19.3 Å². The minimum atomic E-state index is -0.453. The first-order valence-corrected chi connectivity index (χ1v) is 7.41. The van der Waals surface area contributed by atoms with E-state index in [4.69, 9.17) is 10.6 Å². The van der Waals surface area contributed by atoms with E-state index in [1.165, 1.54) is 0 Å². The number of hydrazine groups is 1. The number of aliphatic hydroxyl groups is 1. The molecule has 0 saturated carbocycles. The SMILES string of the molecule is CCCOc1nc(NN)nc(NCC(O)C(CC)CC)n1. The number of aromatic nitrogens is 3. The highest BCUT2D eigenvalue weighted by molar-refractivity contribution is 5.34. The molecule has 0 radical (unpaired) electrons. The summed E-state index contributed by atoms with van der Waals surface area (Å²) in [4.78, 5) is 12.2. The van der Waals surface area contributed by atoms with Crippen molar-refractivity contribution in [3.63, 3.8) is 0 Å². The standard InChI is InChI=1S/C13H26N6O2/c1-4-7-21-13-17-11(16-12(18-13)19-14)15-8-10(20)9(5-2)6-3/h9-10,20H,4-8,14H2,1-3H3,(H2,15,16,17,18,19). The van der Waals surface area contributed by atoms with Crippen molar-refractivity contribution in [2.24, 2.45) is 11.8 Å². The summed E-state index contributed by atoms with van der Waals surface area (Å²) in [6.45, 7) is 7.01. The van der Waals surface area contributed by atoms with Gasteiger partial charge in [-0.3, -0.25) is 5.43 Å². The molecule has 5 N–H and O–H groups in total. The van der Waals surface area contributed by atoms with Gasteiger partial charge in [-0.1, -0.05) is 33.6 Å². The van der Waals surface area contributed by atoms with Crippen LogP contribution in [-0.2, 0) is 0 Å². The molecule has 8 nitrogen and oxygen atoms in total. The summed E-state index contributed by atoms with van der Waals surface area (Å²) in [5.74, 6) is 6.13. The van der Waals surface area contributed by atoms with Crippen molar-refractivity contribution in [3.05, 3.63) is 0 Å². The molecule has 1 aromatic rings. The molecule has 21 heavy (non-hydrogen) atoms. The van der Waals surface area contributed by atoms with Gasteiger partial charge in [0.05, 0.1) is 12.7 Å². The molecule has 0 fully saturated rings. The molecule has 0 aromatic carbocycles. The number of rotatable bonds is 10. The zero-order valence-corrected chi connectivity index (χ0v) is 13.0. The van der Waals surface area contributed by atoms with E-state index in [1.807, 2.05) is 6.92 Å². The smallest absolute Gasteiger partial charge is 0.323 e. The summed E-state index contributed by atoms with van der Waals surface area (Å²) in [6, 6.07) is 0.208. The number of nitrogen functional groups attached to an aromatic ring is 1. The molecule has 1 heterocycles. The maximum Gasteiger partial charge on any atom is 0.323 e. The minimum absolute atomic E-state index is 0.208. The van der Waals surface area contributed by atoms with Crippen LogP contribution >= 0.6 is 0 Å². The highest BCUT2D eigenvalue weighted by atomic mass is 16.5. The second kappa shape index (κ2) is 9.30. The van der Waals surface area contributed by atoms with Crippen molar-refractivity contribution in [1.29, 1.82) is 0 Å². The predicted octanol–water partition coefficient (Wildman–Crippen LogP) is 1.15. The Morgan fingerprint density at radius 2 is 1.81 bits per heavy atom. The third-order valence-electron chi connectivity index (χ3n) is 3.24. The van der Waals surface area contributed by atoms with Gasteiger partial charge >= 0.3 is 6.01 Å². The number of ether oxygens (including phenoxy) is 1. The van der Waals surface area contributed by atoms with Crippen LogP contribution in [0, 0.1) is 5.92 Å². The van der Waals surface area contributed by atoms with Gasteiger partial charge in [-0.05, 0) is 12.3 Å². The summed E-state index contributed by atoms with van der Waals surface area (Å²) in [7, 11) is 0. The molecule has 8 heteroatoms. The summed E-state index contributed by atoms with van der Waals surface area (Å²) >= 11 is 0. The molecular formula is C13H26N6O2. The number of hydrogen-bond acceptors (Lipinski definition) is 8. The lowest BCUT2D eigenvalue weighted by molar-refractivity contribution is 0.114. The van der Waals surface area contributed by atoms with Gasteiger partial charge in [0, 0.05) is 6.54 Å². The lowest BCUT2D eigenvalue weighted by atomic mass is 9.97. The molecule has 1 aromatic heterocycles. The van der Waals surface area contributed by atoms with Gasteiger partial charge in [0.15, 0.2) is 0 Å². The summed E-state index contributed by atoms with van der Waals surface area (Å²) < 4.78 is 5.37. The lowest BCUT2D eigenvalue weighted by Gasteiger charge is -2.20. The largest absolute Gasteiger partial charge is 0.463 e. The molecular weight excluding hydrogens is 272 g/mol. The van der Waals surface area contributed by atoms with Crippen LogP contribution in [0.4, 0.5) is 11.9 Å². The van der Waals surface area contributed by atoms with E-state index in [0.29, 0.717) is 19.1 Å². The van der Waals surface area contributed by atoms with Crippen LogP contribution in [0.25, 0.3) is 0 Å². The number of nitrogens with one attached hydrogen (secondary N) is 2. The molecule has 0 aliphatic carbocycles. The molecule has 1 rings (SSSR count). The van der Waals surface area contributed by atoms with Crippen molar-refractivity contribution in [1.82, 2.24) is 15.0 Å². The van der Waals surface area contributed by atoms with Crippen LogP contribution in [0.2, 0.25) is 0 Å². The third-order valence-corrected chi connectivity index (χ3v) is 3.24. The van der Waals surface area contributed by atoms with Crippen molar-refractivity contribution >= 4 is 11.9 Å². The molecule has 0 amide bonds. The van der Waals surface area contributed by atoms with Gasteiger partial charge in [-0.15, -0.1) is 0 Å². The fourth-order valence-electron chi connectivity index (χ4n) is 1.95. The Balaban J connectivity index is 2.68. The number of anilines is 2. The molecule has 0 saturated heterocycles. The predicted molar refractivity (Wildman–Crippen MR) is 82.0 cm³/mol. The van der Waals surface area contributed by atoms with Crippen LogP contribution in [-0.4, -0.2) is 39.3 Å². The zero-order valence-electron chi connectivity index (χ0n) is 13.0. The fraction of sp³-hybridized carbons (Fsp3) is 0.769. The van der Waals surface area contributed by atoms with E-state index >= 15 is 0 Å². The first kappa shape index (κ1) is 17.4. The number of hydrogen-bond donors (Lipinski definition) is 4. The summed E-state index contributed by atoms with van der Waals surface area (Å²) in [6.07, 6.45) is 2.26. The second-order valence-corrected chi connectivity index (χ2v) is 4.78. The van der Waals surface area contributed by atoms with Gasteiger partial charge in [0.25, 0.3) is 0 Å². The first-order chi connectivity index (χ1) is 10.1. The van der Waals surface area contributed by atoms with Gasteiger partial charge in [-0.25, -0.2) is 5.84 Å². The number of nitrogens with zero attached hydrogens (tertiary/aromatic N) is 3. The Bertz CT molecular complexity index is 414. The summed E-state index contributed by atoms with van der Waals surface area (Å²) in [5, 5.41) is 13.1. The van der Waals surface area contributed by atoms with Crippen molar-refractivity contribution in [2.75, 3.05) is 23.9 Å². The molecule has 0 aliphatic heterocycles. The van der Waals surface area contributed by atoms with E-state index in [-0.39, 0.29) is 17.9 Å². The van der Waals surface area contributed by atoms with Gasteiger partial charge in [0.2, 0.25) is 11.9 Å². The Morgan fingerprint density at radius 1 is 1.14 bits per heavy atom. The van der Waals surface area contributed by atoms with E-state index in [2.05, 4.69) is 39.5 Å². The monoisotopic (exact) mass is 298 g/mol.